The number of halogens is 6. The number of para-hydroxylation sites is 1. The number of amides is 2. The molecule has 0 aliphatic carbocycles. The third kappa shape index (κ3) is 14.4. The van der Waals surface area contributed by atoms with E-state index in [9.17, 15) is 19.5 Å². The van der Waals surface area contributed by atoms with E-state index in [0.29, 0.717) is 39.7 Å². The number of unbranched alkanes of at least 4 members (excludes halogenated alkanes) is 9. The number of phenolic OH excluding ortho intramolecular Hbond substituents is 1. The number of anilines is 4. The lowest BCUT2D eigenvalue weighted by atomic mass is 9.86. The average molecular weight is 1050 g/mol. The van der Waals surface area contributed by atoms with Gasteiger partial charge in [0.1, 0.15) is 27.9 Å². The molecule has 1 unspecified atom stereocenters. The van der Waals surface area contributed by atoms with Crippen molar-refractivity contribution in [2.24, 2.45) is 5.41 Å². The maximum atomic E-state index is 14.5. The van der Waals surface area contributed by atoms with Crippen LogP contribution in [0.15, 0.2) is 75.2 Å². The molecule has 4 aromatic carbocycles. The SMILES string of the molecule is CCCCCCCCCCCCC(Oc1ccc(O)c(C(C)(C)C)c1)C(=O)Nc1ccc(Cl)c(Nc2[nH]n(-c3c(Cl)c(Cl)c(Cl)c(Cl)c3Cl)c(=O)c2Sc2ccccc2NC(=O)C(C)(C)C)c1. The zero-order valence-corrected chi connectivity index (χ0v) is 44.2. The van der Waals surface area contributed by atoms with Crippen LogP contribution < -0.4 is 26.2 Å². The predicted octanol–water partition coefficient (Wildman–Crippen LogP) is 16.7. The molecule has 1 aromatic heterocycles. The third-order valence-electron chi connectivity index (χ3n) is 10.9. The Kier molecular flexibility index (Phi) is 19.6. The highest BCUT2D eigenvalue weighted by atomic mass is 35.5. The number of carbonyl (C=O) groups excluding carboxylic acids is 2. The molecule has 0 radical (unpaired) electrons. The summed E-state index contributed by atoms with van der Waals surface area (Å²) >= 11 is 40.4. The lowest BCUT2D eigenvalue weighted by molar-refractivity contribution is -0.123. The van der Waals surface area contributed by atoms with Crippen molar-refractivity contribution in [2.45, 2.75) is 140 Å². The first-order valence-electron chi connectivity index (χ1n) is 22.4. The number of H-pyrrole nitrogens is 1. The summed E-state index contributed by atoms with van der Waals surface area (Å²) in [6, 6.07) is 17.0. The Morgan fingerprint density at radius 2 is 1.34 bits per heavy atom. The van der Waals surface area contributed by atoms with Crippen LogP contribution in [-0.2, 0) is 15.0 Å². The molecular formula is C50H59Cl6N5O5S. The largest absolute Gasteiger partial charge is 0.508 e. The molecule has 0 saturated carbocycles. The second kappa shape index (κ2) is 24.2. The number of nitrogens with zero attached hydrogens (tertiary/aromatic N) is 1. The molecule has 0 spiro atoms. The van der Waals surface area contributed by atoms with Gasteiger partial charge in [-0.05, 0) is 66.8 Å². The molecule has 17 heteroatoms. The first kappa shape index (κ1) is 54.3. The number of hydrogen-bond acceptors (Lipinski definition) is 7. The van der Waals surface area contributed by atoms with Crippen LogP contribution in [0.25, 0.3) is 5.69 Å². The Labute approximate surface area is 428 Å². The van der Waals surface area contributed by atoms with Gasteiger partial charge >= 0.3 is 0 Å². The number of carbonyl (C=O) groups is 2. The fourth-order valence-electron chi connectivity index (χ4n) is 7.10. The van der Waals surface area contributed by atoms with Crippen LogP contribution in [0.1, 0.15) is 125 Å². The predicted molar refractivity (Wildman–Crippen MR) is 281 cm³/mol. The lowest BCUT2D eigenvalue weighted by Gasteiger charge is -2.23. The first-order valence-corrected chi connectivity index (χ1v) is 25.5. The first-order chi connectivity index (χ1) is 31.6. The molecule has 1 atom stereocenters. The van der Waals surface area contributed by atoms with Crippen molar-refractivity contribution in [2.75, 3.05) is 16.0 Å². The highest BCUT2D eigenvalue weighted by Gasteiger charge is 2.28. The highest BCUT2D eigenvalue weighted by Crippen LogP contribution is 2.46. The minimum absolute atomic E-state index is 0.0548. The number of hydrogen-bond donors (Lipinski definition) is 5. The summed E-state index contributed by atoms with van der Waals surface area (Å²) in [4.78, 5) is 42.5. The maximum Gasteiger partial charge on any atom is 0.287 e. The summed E-state index contributed by atoms with van der Waals surface area (Å²) in [5, 5.41) is 22.6. The van der Waals surface area contributed by atoms with E-state index in [1.165, 1.54) is 38.5 Å². The van der Waals surface area contributed by atoms with Crippen molar-refractivity contribution < 1.29 is 19.4 Å². The van der Waals surface area contributed by atoms with Crippen molar-refractivity contribution in [3.8, 4) is 17.2 Å². The van der Waals surface area contributed by atoms with Crippen molar-refractivity contribution in [1.29, 1.82) is 0 Å². The Morgan fingerprint density at radius 1 is 0.746 bits per heavy atom. The van der Waals surface area contributed by atoms with Crippen LogP contribution in [0.3, 0.4) is 0 Å². The van der Waals surface area contributed by atoms with E-state index in [4.69, 9.17) is 74.3 Å². The molecule has 5 rings (SSSR count). The van der Waals surface area contributed by atoms with Crippen LogP contribution in [-0.4, -0.2) is 32.8 Å². The normalized spacial score (nSPS) is 12.3. The van der Waals surface area contributed by atoms with Gasteiger partial charge in [-0.1, -0.05) is 200 Å². The van der Waals surface area contributed by atoms with Gasteiger partial charge in [0.15, 0.2) is 6.10 Å². The number of phenols is 1. The van der Waals surface area contributed by atoms with E-state index in [0.717, 1.165) is 42.1 Å². The average Bonchev–Trinajstić information content (AvgIpc) is 3.56. The van der Waals surface area contributed by atoms with E-state index in [-0.39, 0.29) is 69.5 Å². The monoisotopic (exact) mass is 1050 g/mol. The molecule has 0 fully saturated rings. The summed E-state index contributed by atoms with van der Waals surface area (Å²) in [7, 11) is 0. The van der Waals surface area contributed by atoms with Crippen LogP contribution in [0.5, 0.6) is 11.5 Å². The molecule has 1 heterocycles. The molecule has 5 N–H and O–H groups in total. The molecule has 0 saturated heterocycles. The van der Waals surface area contributed by atoms with Crippen LogP contribution in [0, 0.1) is 5.41 Å². The van der Waals surface area contributed by atoms with Crippen LogP contribution in [0.4, 0.5) is 22.9 Å². The molecule has 0 aliphatic heterocycles. The lowest BCUT2D eigenvalue weighted by Crippen LogP contribution is -2.33. The Hall–Kier alpha value is -3.68. The Morgan fingerprint density at radius 3 is 1.96 bits per heavy atom. The third-order valence-corrected chi connectivity index (χ3v) is 14.7. The van der Waals surface area contributed by atoms with E-state index in [1.807, 2.05) is 20.8 Å². The van der Waals surface area contributed by atoms with E-state index in [1.54, 1.807) is 81.4 Å². The topological polar surface area (TPSA) is 137 Å². The second-order valence-electron chi connectivity index (χ2n) is 18.5. The number of ether oxygens (including phenoxy) is 1. The summed E-state index contributed by atoms with van der Waals surface area (Å²) < 4.78 is 7.50. The molecule has 0 bridgehead atoms. The second-order valence-corrected chi connectivity index (χ2v) is 21.8. The van der Waals surface area contributed by atoms with Gasteiger partial charge < -0.3 is 25.8 Å². The van der Waals surface area contributed by atoms with Crippen molar-refractivity contribution in [1.82, 2.24) is 9.78 Å². The van der Waals surface area contributed by atoms with Gasteiger partial charge in [0.05, 0.1) is 41.5 Å². The Balaban J connectivity index is 1.47. The van der Waals surface area contributed by atoms with Gasteiger partial charge in [-0.2, -0.15) is 0 Å². The molecule has 5 aromatic rings. The van der Waals surface area contributed by atoms with Crippen molar-refractivity contribution in [3.63, 3.8) is 0 Å². The minimum atomic E-state index is -0.863. The zero-order chi connectivity index (χ0) is 49.2. The van der Waals surface area contributed by atoms with Gasteiger partial charge in [0, 0.05) is 21.6 Å². The molecule has 67 heavy (non-hydrogen) atoms. The molecule has 0 aliphatic rings. The number of nitrogens with one attached hydrogen (secondary N) is 4. The van der Waals surface area contributed by atoms with Crippen molar-refractivity contribution >= 4 is 116 Å². The number of aromatic hydroxyl groups is 1. The van der Waals surface area contributed by atoms with Crippen molar-refractivity contribution in [3.05, 3.63) is 107 Å². The number of rotatable bonds is 21. The molecule has 362 valence electrons. The summed E-state index contributed by atoms with van der Waals surface area (Å²) in [5.74, 6) is 0.165. The minimum Gasteiger partial charge on any atom is -0.508 e. The molecular weight excluding hydrogens is 995 g/mol. The van der Waals surface area contributed by atoms with Gasteiger partial charge in [-0.15, -0.1) is 0 Å². The van der Waals surface area contributed by atoms with Gasteiger partial charge in [0.2, 0.25) is 5.91 Å². The fraction of sp³-hybridized carbons (Fsp3) is 0.420. The standard InChI is InChI=1S/C50H59Cl6N5O5S/c1-8-9-10-11-12-13-14-15-16-17-21-36(66-30-24-26-35(62)31(28-30)49(2,3)4)46(63)57-29-23-25-32(51)34(27-29)58-45-44(67-37-22-19-18-20-33(37)59-48(65)50(5,6)7)47(64)61(60-45)43-41(55)39(53)38(52)40(54)42(43)56/h18-20,22-28,36,58,60,62H,8-17,21H2,1-7H3,(H,57,63)(H,59,65). The number of benzene rings is 4. The van der Waals surface area contributed by atoms with Crippen LogP contribution >= 0.6 is 81.4 Å². The van der Waals surface area contributed by atoms with Gasteiger partial charge in [-0.25, -0.2) is 4.68 Å². The summed E-state index contributed by atoms with van der Waals surface area (Å²) in [5.41, 5.74) is 0.137. The van der Waals surface area contributed by atoms with E-state index in [2.05, 4.69) is 28.0 Å². The van der Waals surface area contributed by atoms with E-state index >= 15 is 0 Å². The molecule has 10 nitrogen and oxygen atoms in total. The summed E-state index contributed by atoms with van der Waals surface area (Å²) in [6.07, 6.45) is 11.1. The highest BCUT2D eigenvalue weighted by molar-refractivity contribution is 7.99. The number of aromatic amines is 1. The maximum absolute atomic E-state index is 14.5. The Bertz CT molecular complexity index is 2570. The van der Waals surface area contributed by atoms with Crippen LogP contribution in [0.2, 0.25) is 30.1 Å². The van der Waals surface area contributed by atoms with E-state index < -0.39 is 17.1 Å². The number of aromatic nitrogens is 2. The molecule has 2 amide bonds. The van der Waals surface area contributed by atoms with Gasteiger partial charge in [-0.3, -0.25) is 19.5 Å². The zero-order valence-electron chi connectivity index (χ0n) is 38.8. The fourth-order valence-corrected chi connectivity index (χ4v) is 9.53. The smallest absolute Gasteiger partial charge is 0.287 e. The van der Waals surface area contributed by atoms with Gasteiger partial charge in [0.25, 0.3) is 11.5 Å². The summed E-state index contributed by atoms with van der Waals surface area (Å²) in [6.45, 7) is 13.6. The quantitative estimate of drug-likeness (QED) is 0.0280.